The second-order valence-corrected chi connectivity index (χ2v) is 12.3. The standard InChI is InChI=1S/C34H26FN3O4S2/c1-21-7-5-6-10-25(21)19-42-27-17-13-24(14-18-27)30(39)28-29(23-8-3-2-4-9-23)38(32(41)31(28)40)33-36-37-34(44-33)43-20-22-11-15-26(35)16-12-22/h2-18,29,39H,19-20H2,1H3. The Labute approximate surface area is 261 Å². The number of hydrogen-bond acceptors (Lipinski definition) is 8. The van der Waals surface area contributed by atoms with E-state index in [-0.39, 0.29) is 22.3 Å². The van der Waals surface area contributed by atoms with E-state index in [1.54, 1.807) is 60.7 Å². The quantitative estimate of drug-likeness (QED) is 0.0598. The Morgan fingerprint density at radius 3 is 2.36 bits per heavy atom. The summed E-state index contributed by atoms with van der Waals surface area (Å²) in [4.78, 5) is 28.2. The lowest BCUT2D eigenvalue weighted by Gasteiger charge is -2.22. The Balaban J connectivity index is 1.28. The number of carbonyl (C=O) groups excluding carboxylic acids is 2. The molecule has 0 aliphatic carbocycles. The molecule has 1 atom stereocenters. The van der Waals surface area contributed by atoms with Gasteiger partial charge in [0.15, 0.2) is 4.34 Å². The van der Waals surface area contributed by atoms with Gasteiger partial charge in [0, 0.05) is 11.3 Å². The van der Waals surface area contributed by atoms with Gasteiger partial charge >= 0.3 is 5.91 Å². The van der Waals surface area contributed by atoms with Crippen molar-refractivity contribution in [3.8, 4) is 5.75 Å². The van der Waals surface area contributed by atoms with Crippen LogP contribution in [-0.4, -0.2) is 27.0 Å². The third-order valence-electron chi connectivity index (χ3n) is 7.22. The maximum Gasteiger partial charge on any atom is 0.301 e. The fourth-order valence-corrected chi connectivity index (χ4v) is 6.69. The number of ketones is 1. The number of amides is 1. The lowest BCUT2D eigenvalue weighted by molar-refractivity contribution is -0.132. The molecule has 10 heteroatoms. The van der Waals surface area contributed by atoms with Gasteiger partial charge in [-0.1, -0.05) is 89.8 Å². The number of Topliss-reactive ketones (excluding diaryl/α,β-unsaturated/α-hetero) is 1. The van der Waals surface area contributed by atoms with Gasteiger partial charge in [-0.05, 0) is 65.6 Å². The summed E-state index contributed by atoms with van der Waals surface area (Å²) in [5.74, 6) is -1.09. The van der Waals surface area contributed by atoms with Crippen molar-refractivity contribution in [3.05, 3.63) is 142 Å². The minimum absolute atomic E-state index is 0.0366. The minimum atomic E-state index is -0.906. The van der Waals surface area contributed by atoms with Crippen LogP contribution < -0.4 is 9.64 Å². The molecule has 1 fully saturated rings. The highest BCUT2D eigenvalue weighted by atomic mass is 32.2. The maximum atomic E-state index is 13.5. The number of hydrogen-bond donors (Lipinski definition) is 1. The molecule has 1 aliphatic heterocycles. The molecule has 1 unspecified atom stereocenters. The van der Waals surface area contributed by atoms with Crippen LogP contribution in [-0.2, 0) is 21.9 Å². The molecule has 220 valence electrons. The molecular formula is C34H26FN3O4S2. The van der Waals surface area contributed by atoms with Gasteiger partial charge in [-0.25, -0.2) is 4.39 Å². The van der Waals surface area contributed by atoms with Gasteiger partial charge in [0.25, 0.3) is 5.78 Å². The van der Waals surface area contributed by atoms with E-state index in [2.05, 4.69) is 10.2 Å². The van der Waals surface area contributed by atoms with Crippen LogP contribution in [0.15, 0.2) is 113 Å². The van der Waals surface area contributed by atoms with Gasteiger partial charge in [0.1, 0.15) is 23.9 Å². The zero-order valence-electron chi connectivity index (χ0n) is 23.5. The molecule has 0 spiro atoms. The number of rotatable bonds is 9. The Kier molecular flexibility index (Phi) is 8.53. The average Bonchev–Trinajstić information content (AvgIpc) is 3.62. The Bertz CT molecular complexity index is 1840. The third kappa shape index (κ3) is 6.13. The average molecular weight is 624 g/mol. The number of aryl methyl sites for hydroxylation is 1. The summed E-state index contributed by atoms with van der Waals surface area (Å²) in [7, 11) is 0. The lowest BCUT2D eigenvalue weighted by atomic mass is 9.95. The van der Waals surface area contributed by atoms with E-state index in [1.165, 1.54) is 40.1 Å². The summed E-state index contributed by atoms with van der Waals surface area (Å²) in [5, 5.41) is 20.1. The van der Waals surface area contributed by atoms with Gasteiger partial charge in [-0.2, -0.15) is 0 Å². The van der Waals surface area contributed by atoms with Crippen molar-refractivity contribution in [3.63, 3.8) is 0 Å². The van der Waals surface area contributed by atoms with Crippen LogP contribution in [0.1, 0.15) is 33.9 Å². The van der Waals surface area contributed by atoms with Gasteiger partial charge in [-0.15, -0.1) is 10.2 Å². The fourth-order valence-electron chi connectivity index (χ4n) is 4.86. The molecule has 1 N–H and O–H groups in total. The van der Waals surface area contributed by atoms with Gasteiger partial charge in [0.05, 0.1) is 11.6 Å². The molecule has 0 saturated carbocycles. The molecule has 1 aromatic heterocycles. The number of thioether (sulfide) groups is 1. The molecule has 44 heavy (non-hydrogen) atoms. The van der Waals surface area contributed by atoms with Crippen molar-refractivity contribution in [2.75, 3.05) is 4.90 Å². The smallest absolute Gasteiger partial charge is 0.301 e. The van der Waals surface area contributed by atoms with E-state index in [0.717, 1.165) is 16.7 Å². The van der Waals surface area contributed by atoms with Crippen LogP contribution in [0.25, 0.3) is 5.76 Å². The SMILES string of the molecule is Cc1ccccc1COc1ccc(C(O)=C2C(=O)C(=O)N(c3nnc(SCc4ccc(F)cc4)s3)C2c2ccccc2)cc1. The first kappa shape index (κ1) is 29.3. The van der Waals surface area contributed by atoms with Gasteiger partial charge in [-0.3, -0.25) is 14.5 Å². The van der Waals surface area contributed by atoms with Crippen molar-refractivity contribution in [2.24, 2.45) is 0 Å². The summed E-state index contributed by atoms with van der Waals surface area (Å²) < 4.78 is 19.8. The van der Waals surface area contributed by atoms with Crippen LogP contribution in [0.5, 0.6) is 5.75 Å². The van der Waals surface area contributed by atoms with E-state index in [9.17, 15) is 19.1 Å². The van der Waals surface area contributed by atoms with E-state index in [4.69, 9.17) is 4.74 Å². The zero-order valence-corrected chi connectivity index (χ0v) is 25.1. The highest BCUT2D eigenvalue weighted by Gasteiger charge is 2.48. The first-order valence-electron chi connectivity index (χ1n) is 13.7. The van der Waals surface area contributed by atoms with Crippen LogP contribution in [0.4, 0.5) is 9.52 Å². The molecule has 5 aromatic rings. The summed E-state index contributed by atoms with van der Waals surface area (Å²) in [6, 6.07) is 29.0. The number of aliphatic hydroxyl groups excluding tert-OH is 1. The molecule has 6 rings (SSSR count). The molecule has 2 heterocycles. The lowest BCUT2D eigenvalue weighted by Crippen LogP contribution is -2.29. The van der Waals surface area contributed by atoms with E-state index in [0.29, 0.717) is 33.6 Å². The number of anilines is 1. The first-order chi connectivity index (χ1) is 21.4. The minimum Gasteiger partial charge on any atom is -0.507 e. The second-order valence-electron chi connectivity index (χ2n) is 10.1. The van der Waals surface area contributed by atoms with Gasteiger partial charge in [0.2, 0.25) is 5.13 Å². The molecule has 4 aromatic carbocycles. The molecule has 0 bridgehead atoms. The monoisotopic (exact) mass is 623 g/mol. The fraction of sp³-hybridized carbons (Fsp3) is 0.118. The van der Waals surface area contributed by atoms with E-state index in [1.807, 2.05) is 37.3 Å². The second kappa shape index (κ2) is 12.8. The molecule has 0 radical (unpaired) electrons. The molecule has 1 amide bonds. The number of benzene rings is 4. The Morgan fingerprint density at radius 1 is 0.932 bits per heavy atom. The number of aromatic nitrogens is 2. The highest BCUT2D eigenvalue weighted by molar-refractivity contribution is 8.00. The zero-order chi connectivity index (χ0) is 30.6. The van der Waals surface area contributed by atoms with E-state index >= 15 is 0 Å². The summed E-state index contributed by atoms with van der Waals surface area (Å²) in [5.41, 5.74) is 4.08. The predicted octanol–water partition coefficient (Wildman–Crippen LogP) is 7.48. The maximum absolute atomic E-state index is 13.5. The normalized spacial score (nSPS) is 16.0. The predicted molar refractivity (Wildman–Crippen MR) is 169 cm³/mol. The first-order valence-corrected chi connectivity index (χ1v) is 15.5. The Hall–Kier alpha value is -4.80. The summed E-state index contributed by atoms with van der Waals surface area (Å²) >= 11 is 2.56. The number of carbonyl (C=O) groups is 2. The summed E-state index contributed by atoms with van der Waals surface area (Å²) in [6.45, 7) is 2.41. The summed E-state index contributed by atoms with van der Waals surface area (Å²) in [6.07, 6.45) is 0. The van der Waals surface area contributed by atoms with Crippen molar-refractivity contribution in [1.82, 2.24) is 10.2 Å². The largest absolute Gasteiger partial charge is 0.507 e. The number of aliphatic hydroxyl groups is 1. The van der Waals surface area contributed by atoms with Crippen molar-refractivity contribution >= 4 is 45.7 Å². The third-order valence-corrected chi connectivity index (χ3v) is 9.35. The molecular weight excluding hydrogens is 598 g/mol. The van der Waals surface area contributed by atoms with Crippen molar-refractivity contribution in [2.45, 2.75) is 29.7 Å². The number of nitrogens with zero attached hydrogens (tertiary/aromatic N) is 3. The number of halogens is 1. The van der Waals surface area contributed by atoms with Crippen LogP contribution >= 0.6 is 23.1 Å². The number of ether oxygens (including phenoxy) is 1. The van der Waals surface area contributed by atoms with Crippen molar-refractivity contribution in [1.29, 1.82) is 0 Å². The molecule has 1 saturated heterocycles. The topological polar surface area (TPSA) is 92.6 Å². The van der Waals surface area contributed by atoms with Gasteiger partial charge < -0.3 is 9.84 Å². The van der Waals surface area contributed by atoms with Crippen molar-refractivity contribution < 1.29 is 23.8 Å². The Morgan fingerprint density at radius 2 is 1.64 bits per heavy atom. The molecule has 7 nitrogen and oxygen atoms in total. The molecule has 1 aliphatic rings. The van der Waals surface area contributed by atoms with E-state index < -0.39 is 17.7 Å². The highest BCUT2D eigenvalue weighted by Crippen LogP contribution is 2.44. The van der Waals surface area contributed by atoms with Crippen LogP contribution in [0.3, 0.4) is 0 Å². The van der Waals surface area contributed by atoms with Crippen LogP contribution in [0, 0.1) is 12.7 Å². The van der Waals surface area contributed by atoms with Crippen LogP contribution in [0.2, 0.25) is 0 Å².